The SMILES string of the molecule is Cc1ccc(NC(=O)C2(C)CC2)cc1-c1cc(C)c(O)c(C)c1. The number of benzene rings is 2. The van der Waals surface area contributed by atoms with Crippen LogP contribution in [0.25, 0.3) is 11.1 Å². The quantitative estimate of drug-likeness (QED) is 0.861. The van der Waals surface area contributed by atoms with Gasteiger partial charge < -0.3 is 10.4 Å². The Hall–Kier alpha value is -2.29. The number of phenols is 1. The van der Waals surface area contributed by atoms with Crippen LogP contribution in [0.15, 0.2) is 30.3 Å². The van der Waals surface area contributed by atoms with Crippen molar-refractivity contribution in [2.75, 3.05) is 5.32 Å². The summed E-state index contributed by atoms with van der Waals surface area (Å²) in [5.41, 5.74) is 5.64. The third-order valence-corrected chi connectivity index (χ3v) is 4.85. The predicted octanol–water partition coefficient (Wildman–Crippen LogP) is 4.72. The van der Waals surface area contributed by atoms with Crippen LogP contribution < -0.4 is 5.32 Å². The maximum absolute atomic E-state index is 12.2. The molecule has 1 aliphatic carbocycles. The molecule has 1 fully saturated rings. The first kappa shape index (κ1) is 15.6. The van der Waals surface area contributed by atoms with Gasteiger partial charge in [-0.15, -0.1) is 0 Å². The van der Waals surface area contributed by atoms with E-state index in [1.165, 1.54) is 0 Å². The van der Waals surface area contributed by atoms with Crippen molar-refractivity contribution in [2.24, 2.45) is 5.41 Å². The highest BCUT2D eigenvalue weighted by atomic mass is 16.3. The first-order valence-electron chi connectivity index (χ1n) is 8.03. The molecule has 0 saturated heterocycles. The molecule has 0 aromatic heterocycles. The molecule has 0 bridgehead atoms. The average Bonchev–Trinajstić information content (AvgIpc) is 3.25. The molecule has 3 rings (SSSR count). The highest BCUT2D eigenvalue weighted by Crippen LogP contribution is 2.45. The van der Waals surface area contributed by atoms with E-state index in [2.05, 4.69) is 12.2 Å². The van der Waals surface area contributed by atoms with Crippen molar-refractivity contribution in [3.8, 4) is 16.9 Å². The summed E-state index contributed by atoms with van der Waals surface area (Å²) >= 11 is 0. The largest absolute Gasteiger partial charge is 0.507 e. The molecule has 0 spiro atoms. The zero-order valence-corrected chi connectivity index (χ0v) is 14.2. The fourth-order valence-electron chi connectivity index (χ4n) is 2.82. The molecule has 1 saturated carbocycles. The Balaban J connectivity index is 1.96. The molecule has 3 nitrogen and oxygen atoms in total. The maximum atomic E-state index is 12.2. The van der Waals surface area contributed by atoms with Crippen molar-refractivity contribution in [1.29, 1.82) is 0 Å². The molecule has 3 heteroatoms. The normalized spacial score (nSPS) is 15.3. The second-order valence-corrected chi connectivity index (χ2v) is 7.00. The summed E-state index contributed by atoms with van der Waals surface area (Å²) in [6.07, 6.45) is 1.93. The van der Waals surface area contributed by atoms with Gasteiger partial charge in [0.15, 0.2) is 0 Å². The highest BCUT2D eigenvalue weighted by molar-refractivity contribution is 5.97. The zero-order chi connectivity index (χ0) is 16.8. The molecule has 120 valence electrons. The van der Waals surface area contributed by atoms with Gasteiger partial charge in [0.25, 0.3) is 0 Å². The number of rotatable bonds is 3. The molecule has 1 aliphatic rings. The van der Waals surface area contributed by atoms with Crippen molar-refractivity contribution < 1.29 is 9.90 Å². The van der Waals surface area contributed by atoms with Crippen molar-refractivity contribution >= 4 is 11.6 Å². The molecule has 0 unspecified atom stereocenters. The van der Waals surface area contributed by atoms with Gasteiger partial charge in [0.05, 0.1) is 0 Å². The van der Waals surface area contributed by atoms with Crippen molar-refractivity contribution in [2.45, 2.75) is 40.5 Å². The number of amides is 1. The van der Waals surface area contributed by atoms with Crippen molar-refractivity contribution in [1.82, 2.24) is 0 Å². The van der Waals surface area contributed by atoms with Crippen molar-refractivity contribution in [3.05, 3.63) is 47.0 Å². The van der Waals surface area contributed by atoms with E-state index in [-0.39, 0.29) is 11.3 Å². The van der Waals surface area contributed by atoms with Gasteiger partial charge in [-0.2, -0.15) is 0 Å². The number of carbonyl (C=O) groups excluding carboxylic acids is 1. The summed E-state index contributed by atoms with van der Waals surface area (Å²) in [7, 11) is 0. The van der Waals surface area contributed by atoms with Gasteiger partial charge in [-0.1, -0.05) is 13.0 Å². The van der Waals surface area contributed by atoms with E-state index >= 15 is 0 Å². The Morgan fingerprint density at radius 2 is 1.65 bits per heavy atom. The van der Waals surface area contributed by atoms with Crippen LogP contribution in [0.1, 0.15) is 36.5 Å². The van der Waals surface area contributed by atoms with Crippen LogP contribution in [-0.2, 0) is 4.79 Å². The van der Waals surface area contributed by atoms with Crippen LogP contribution in [0.4, 0.5) is 5.69 Å². The van der Waals surface area contributed by atoms with E-state index in [1.807, 2.05) is 51.1 Å². The van der Waals surface area contributed by atoms with E-state index in [1.54, 1.807) is 0 Å². The van der Waals surface area contributed by atoms with Gasteiger partial charge in [0, 0.05) is 11.1 Å². The predicted molar refractivity (Wildman–Crippen MR) is 93.7 cm³/mol. The summed E-state index contributed by atoms with van der Waals surface area (Å²) in [6.45, 7) is 7.87. The molecule has 2 aromatic rings. The van der Waals surface area contributed by atoms with Gasteiger partial charge in [-0.25, -0.2) is 0 Å². The molecular weight excluding hydrogens is 286 g/mol. The number of aryl methyl sites for hydroxylation is 3. The lowest BCUT2D eigenvalue weighted by atomic mass is 9.96. The minimum atomic E-state index is -0.184. The average molecular weight is 309 g/mol. The van der Waals surface area contributed by atoms with Crippen LogP contribution in [0.5, 0.6) is 5.75 Å². The minimum Gasteiger partial charge on any atom is -0.507 e. The number of hydrogen-bond acceptors (Lipinski definition) is 2. The van der Waals surface area contributed by atoms with Crippen molar-refractivity contribution in [3.63, 3.8) is 0 Å². The third-order valence-electron chi connectivity index (χ3n) is 4.85. The summed E-state index contributed by atoms with van der Waals surface area (Å²) in [6, 6.07) is 9.96. The third kappa shape index (κ3) is 2.96. The second-order valence-electron chi connectivity index (χ2n) is 7.00. The smallest absolute Gasteiger partial charge is 0.230 e. The topological polar surface area (TPSA) is 49.3 Å². The highest BCUT2D eigenvalue weighted by Gasteiger charge is 2.44. The minimum absolute atomic E-state index is 0.102. The van der Waals surface area contributed by atoms with Crippen LogP contribution in [0.3, 0.4) is 0 Å². The first-order valence-corrected chi connectivity index (χ1v) is 8.03. The molecule has 23 heavy (non-hydrogen) atoms. The molecule has 0 aliphatic heterocycles. The van der Waals surface area contributed by atoms with E-state index in [9.17, 15) is 9.90 Å². The zero-order valence-electron chi connectivity index (χ0n) is 14.2. The summed E-state index contributed by atoms with van der Waals surface area (Å²) < 4.78 is 0. The second kappa shape index (κ2) is 5.41. The number of nitrogens with one attached hydrogen (secondary N) is 1. The van der Waals surface area contributed by atoms with Gasteiger partial charge >= 0.3 is 0 Å². The van der Waals surface area contributed by atoms with Crippen LogP contribution >= 0.6 is 0 Å². The molecule has 0 atom stereocenters. The Morgan fingerprint density at radius 1 is 1.04 bits per heavy atom. The number of carbonyl (C=O) groups is 1. The number of aromatic hydroxyl groups is 1. The standard InChI is InChI=1S/C20H23NO2/c1-12-5-6-16(21-19(23)20(4)7-8-20)11-17(12)15-9-13(2)18(22)14(3)10-15/h5-6,9-11,22H,7-8H2,1-4H3,(H,21,23). The Bertz CT molecular complexity index is 765. The van der Waals surface area contributed by atoms with E-state index in [4.69, 9.17) is 0 Å². The van der Waals surface area contributed by atoms with Crippen LogP contribution in [0.2, 0.25) is 0 Å². The molecular formula is C20H23NO2. The lowest BCUT2D eigenvalue weighted by Gasteiger charge is -2.14. The lowest BCUT2D eigenvalue weighted by molar-refractivity contribution is -0.120. The molecule has 0 radical (unpaired) electrons. The van der Waals surface area contributed by atoms with Gasteiger partial charge in [0.2, 0.25) is 5.91 Å². The summed E-state index contributed by atoms with van der Waals surface area (Å²) in [4.78, 5) is 12.2. The molecule has 2 aromatic carbocycles. The summed E-state index contributed by atoms with van der Waals surface area (Å²) in [5, 5.41) is 13.0. The molecule has 2 N–H and O–H groups in total. The number of anilines is 1. The Labute approximate surface area is 137 Å². The Morgan fingerprint density at radius 3 is 2.22 bits per heavy atom. The van der Waals surface area contributed by atoms with E-state index in [0.29, 0.717) is 5.75 Å². The number of phenolic OH excluding ortho intramolecular Hbond substituents is 1. The van der Waals surface area contributed by atoms with Gasteiger partial charge in [0.1, 0.15) is 5.75 Å². The lowest BCUT2D eigenvalue weighted by Crippen LogP contribution is -2.21. The van der Waals surface area contributed by atoms with Gasteiger partial charge in [-0.05, 0) is 85.7 Å². The van der Waals surface area contributed by atoms with Gasteiger partial charge in [-0.3, -0.25) is 4.79 Å². The monoisotopic (exact) mass is 309 g/mol. The maximum Gasteiger partial charge on any atom is 0.230 e. The Kier molecular flexibility index (Phi) is 3.67. The number of hydrogen-bond donors (Lipinski definition) is 2. The summed E-state index contributed by atoms with van der Waals surface area (Å²) in [5.74, 6) is 0.447. The van der Waals surface area contributed by atoms with Crippen LogP contribution in [-0.4, -0.2) is 11.0 Å². The first-order chi connectivity index (χ1) is 10.8. The molecule has 1 amide bonds. The molecule has 0 heterocycles. The van der Waals surface area contributed by atoms with Crippen LogP contribution in [0, 0.1) is 26.2 Å². The fourth-order valence-corrected chi connectivity index (χ4v) is 2.82. The fraction of sp³-hybridized carbons (Fsp3) is 0.350. The van der Waals surface area contributed by atoms with E-state index in [0.717, 1.165) is 46.3 Å². The van der Waals surface area contributed by atoms with E-state index < -0.39 is 0 Å².